The summed E-state index contributed by atoms with van der Waals surface area (Å²) in [5.74, 6) is -1.45. The summed E-state index contributed by atoms with van der Waals surface area (Å²) in [5, 5.41) is 39.8. The van der Waals surface area contributed by atoms with Crippen LogP contribution in [0.25, 0.3) is 0 Å². The fourth-order valence-corrected chi connectivity index (χ4v) is 5.95. The van der Waals surface area contributed by atoms with Gasteiger partial charge in [-0.3, -0.25) is 9.35 Å². The predicted molar refractivity (Wildman–Crippen MR) is 164 cm³/mol. The molecule has 0 amide bonds. The van der Waals surface area contributed by atoms with Crippen molar-refractivity contribution in [2.75, 3.05) is 19.0 Å². The molecule has 1 aliphatic rings. The minimum absolute atomic E-state index is 0.248. The van der Waals surface area contributed by atoms with E-state index in [9.17, 15) is 33.6 Å². The summed E-state index contributed by atoms with van der Waals surface area (Å²) in [5.41, 5.74) is 0. The van der Waals surface area contributed by atoms with E-state index in [0.717, 1.165) is 19.3 Å². The number of esters is 1. The first-order valence-corrected chi connectivity index (χ1v) is 18.3. The lowest BCUT2D eigenvalue weighted by Crippen LogP contribution is -2.60. The average molecular weight is 641 g/mol. The van der Waals surface area contributed by atoms with Gasteiger partial charge in [0, 0.05) is 6.42 Å². The lowest BCUT2D eigenvalue weighted by molar-refractivity contribution is -0.296. The van der Waals surface area contributed by atoms with Crippen molar-refractivity contribution in [3.05, 3.63) is 0 Å². The van der Waals surface area contributed by atoms with Gasteiger partial charge in [0.25, 0.3) is 10.1 Å². The van der Waals surface area contributed by atoms with Crippen molar-refractivity contribution in [3.8, 4) is 0 Å². The van der Waals surface area contributed by atoms with Crippen LogP contribution < -0.4 is 0 Å². The molecule has 12 heteroatoms. The van der Waals surface area contributed by atoms with Gasteiger partial charge in [-0.25, -0.2) is 0 Å². The van der Waals surface area contributed by atoms with Gasteiger partial charge in [0.05, 0.1) is 6.61 Å². The van der Waals surface area contributed by atoms with Crippen LogP contribution in [0.4, 0.5) is 0 Å². The molecular weight excluding hydrogens is 580 g/mol. The van der Waals surface area contributed by atoms with Gasteiger partial charge < -0.3 is 34.6 Å². The molecule has 0 saturated carbocycles. The Hall–Kier alpha value is -0.860. The molecule has 0 bridgehead atoms. The maximum atomic E-state index is 12.0. The van der Waals surface area contributed by atoms with Crippen molar-refractivity contribution in [1.29, 1.82) is 0 Å². The van der Waals surface area contributed by atoms with E-state index >= 15 is 0 Å². The molecule has 1 aliphatic heterocycles. The maximum Gasteiger partial charge on any atom is 0.305 e. The molecule has 11 nitrogen and oxygen atoms in total. The van der Waals surface area contributed by atoms with Crippen LogP contribution in [-0.2, 0) is 29.1 Å². The third kappa shape index (κ3) is 20.7. The first-order chi connectivity index (χ1) is 20.5. The summed E-state index contributed by atoms with van der Waals surface area (Å²) in [6.07, 6.45) is 14.8. The standard InChI is InChI=1S/C31H60O11S/c1-2-3-4-5-6-7-8-9-10-11-12-13-14-15-16-17-18-19-20-21-27(33)40-22-25(32)23-41-31-30(36)29(35)28(34)26(42-31)24-43(37,38)39/h25-26,28-32,34-36H,2-24H2,1H3,(H,37,38,39)/t25?,26-,28-,29+,30-,31?/m1/s1. The summed E-state index contributed by atoms with van der Waals surface area (Å²) in [7, 11) is -4.54. The predicted octanol–water partition coefficient (Wildman–Crippen LogP) is 4.42. The quantitative estimate of drug-likeness (QED) is 0.0487. The number of aliphatic hydroxyl groups is 4. The molecule has 5 N–H and O–H groups in total. The van der Waals surface area contributed by atoms with E-state index in [2.05, 4.69) is 6.92 Å². The Morgan fingerprint density at radius 3 is 1.58 bits per heavy atom. The van der Waals surface area contributed by atoms with Gasteiger partial charge in [0.15, 0.2) is 6.29 Å². The van der Waals surface area contributed by atoms with Crippen LogP contribution in [0.15, 0.2) is 0 Å². The van der Waals surface area contributed by atoms with Crippen molar-refractivity contribution in [1.82, 2.24) is 0 Å². The van der Waals surface area contributed by atoms with Gasteiger partial charge in [-0.1, -0.05) is 122 Å². The van der Waals surface area contributed by atoms with Gasteiger partial charge in [-0.2, -0.15) is 8.42 Å². The number of rotatable bonds is 27. The molecule has 1 heterocycles. The topological polar surface area (TPSA) is 180 Å². The number of carbonyl (C=O) groups excluding carboxylic acids is 1. The van der Waals surface area contributed by atoms with E-state index in [1.54, 1.807) is 0 Å². The second-order valence-electron chi connectivity index (χ2n) is 12.0. The zero-order valence-electron chi connectivity index (χ0n) is 26.3. The van der Waals surface area contributed by atoms with Crippen LogP contribution in [0.3, 0.4) is 0 Å². The second kappa shape index (κ2) is 24.4. The van der Waals surface area contributed by atoms with E-state index in [4.69, 9.17) is 18.8 Å². The van der Waals surface area contributed by atoms with Crippen molar-refractivity contribution in [2.45, 2.75) is 172 Å². The Balaban J connectivity index is 1.96. The fraction of sp³-hybridized carbons (Fsp3) is 0.968. The Morgan fingerprint density at radius 1 is 0.698 bits per heavy atom. The van der Waals surface area contributed by atoms with Crippen molar-refractivity contribution in [3.63, 3.8) is 0 Å². The van der Waals surface area contributed by atoms with Gasteiger partial charge in [-0.15, -0.1) is 0 Å². The highest BCUT2D eigenvalue weighted by Crippen LogP contribution is 2.23. The molecule has 1 fully saturated rings. The van der Waals surface area contributed by atoms with Crippen LogP contribution in [-0.4, -0.2) is 95.1 Å². The second-order valence-corrected chi connectivity index (χ2v) is 13.5. The van der Waals surface area contributed by atoms with E-state index in [-0.39, 0.29) is 13.0 Å². The summed E-state index contributed by atoms with van der Waals surface area (Å²) in [6.45, 7) is 1.46. The Morgan fingerprint density at radius 2 is 1.14 bits per heavy atom. The Kier molecular flexibility index (Phi) is 22.8. The summed E-state index contributed by atoms with van der Waals surface area (Å²) >= 11 is 0. The lowest BCUT2D eigenvalue weighted by Gasteiger charge is -2.40. The zero-order chi connectivity index (χ0) is 31.9. The average Bonchev–Trinajstić information content (AvgIpc) is 2.96. The molecule has 6 atom stereocenters. The molecule has 1 saturated heterocycles. The van der Waals surface area contributed by atoms with Crippen molar-refractivity contribution < 1.29 is 52.4 Å². The smallest absolute Gasteiger partial charge is 0.305 e. The van der Waals surface area contributed by atoms with E-state index < -0.39 is 65.3 Å². The number of carbonyl (C=O) groups is 1. The third-order valence-corrected chi connectivity index (χ3v) is 8.67. The van der Waals surface area contributed by atoms with Crippen LogP contribution in [0.1, 0.15) is 135 Å². The largest absolute Gasteiger partial charge is 0.463 e. The lowest BCUT2D eigenvalue weighted by atomic mass is 10.00. The minimum atomic E-state index is -4.54. The molecule has 0 spiro atoms. The first kappa shape index (κ1) is 40.2. The molecule has 0 aromatic rings. The van der Waals surface area contributed by atoms with Gasteiger partial charge in [0.2, 0.25) is 0 Å². The molecule has 0 aliphatic carbocycles. The highest BCUT2D eigenvalue weighted by Gasteiger charge is 2.45. The number of hydrogen-bond donors (Lipinski definition) is 5. The Labute approximate surface area is 259 Å². The number of unbranched alkanes of at least 4 members (excludes halogenated alkanes) is 18. The molecular formula is C31H60O11S. The van der Waals surface area contributed by atoms with Crippen molar-refractivity contribution >= 4 is 16.1 Å². The zero-order valence-corrected chi connectivity index (χ0v) is 27.1. The highest BCUT2D eigenvalue weighted by atomic mass is 32.2. The van der Waals surface area contributed by atoms with Gasteiger partial charge >= 0.3 is 5.97 Å². The third-order valence-electron chi connectivity index (χ3n) is 7.92. The molecule has 1 rings (SSSR count). The summed E-state index contributed by atoms with van der Waals surface area (Å²) in [4.78, 5) is 12.0. The SMILES string of the molecule is CCCCCCCCCCCCCCCCCCCCCC(=O)OCC(O)COC1O[C@H](CS(=O)(=O)O)[C@@H](O)[C@H](O)[C@H]1O. The van der Waals surface area contributed by atoms with E-state index in [1.807, 2.05) is 0 Å². The van der Waals surface area contributed by atoms with Gasteiger partial charge in [0.1, 0.15) is 42.9 Å². The Bertz CT molecular complexity index is 795. The van der Waals surface area contributed by atoms with Crippen LogP contribution >= 0.6 is 0 Å². The van der Waals surface area contributed by atoms with Crippen molar-refractivity contribution in [2.24, 2.45) is 0 Å². The molecule has 0 radical (unpaired) electrons. The minimum Gasteiger partial charge on any atom is -0.463 e. The monoisotopic (exact) mass is 640 g/mol. The fourth-order valence-electron chi connectivity index (χ4n) is 5.26. The normalized spacial score (nSPS) is 23.3. The van der Waals surface area contributed by atoms with E-state index in [0.29, 0.717) is 6.42 Å². The van der Waals surface area contributed by atoms with Crippen LogP contribution in [0.2, 0.25) is 0 Å². The van der Waals surface area contributed by atoms with Gasteiger partial charge in [-0.05, 0) is 6.42 Å². The maximum absolute atomic E-state index is 12.0. The molecule has 0 aromatic carbocycles. The number of hydrogen-bond acceptors (Lipinski definition) is 10. The summed E-state index contributed by atoms with van der Waals surface area (Å²) < 4.78 is 46.6. The highest BCUT2D eigenvalue weighted by molar-refractivity contribution is 7.85. The molecule has 43 heavy (non-hydrogen) atoms. The number of ether oxygens (including phenoxy) is 3. The number of aliphatic hydroxyl groups excluding tert-OH is 4. The molecule has 256 valence electrons. The first-order valence-electron chi connectivity index (χ1n) is 16.6. The molecule has 2 unspecified atom stereocenters. The van der Waals surface area contributed by atoms with E-state index in [1.165, 1.54) is 96.3 Å². The summed E-state index contributed by atoms with van der Waals surface area (Å²) in [6, 6.07) is 0. The van der Waals surface area contributed by atoms with Crippen LogP contribution in [0, 0.1) is 0 Å². The van der Waals surface area contributed by atoms with Crippen LogP contribution in [0.5, 0.6) is 0 Å². The molecule has 0 aromatic heterocycles.